The summed E-state index contributed by atoms with van der Waals surface area (Å²) in [6.45, 7) is 1.31. The fraction of sp³-hybridized carbons (Fsp3) is 0.250. The van der Waals surface area contributed by atoms with Crippen LogP contribution in [0.25, 0.3) is 10.4 Å². The fourth-order valence-corrected chi connectivity index (χ4v) is 4.84. The molecule has 0 saturated carbocycles. The van der Waals surface area contributed by atoms with E-state index in [1.165, 1.54) is 30.3 Å². The number of aromatic carboxylic acids is 1. The first-order valence-electron chi connectivity index (χ1n) is 10.7. The Hall–Kier alpha value is -3.90. The van der Waals surface area contributed by atoms with E-state index in [9.17, 15) is 33.6 Å². The molecule has 0 fully saturated rings. The second kappa shape index (κ2) is 11.2. The first-order valence-corrected chi connectivity index (χ1v) is 11.5. The number of hydrogen-bond donors (Lipinski definition) is 1. The summed E-state index contributed by atoms with van der Waals surface area (Å²) in [4.78, 5) is 39.1. The molecule has 0 aliphatic carbocycles. The molecule has 190 valence electrons. The number of nitro groups is 1. The third-order valence-electron chi connectivity index (χ3n) is 5.09. The van der Waals surface area contributed by atoms with Gasteiger partial charge in [0, 0.05) is 40.7 Å². The largest absolute Gasteiger partial charge is 0.478 e. The number of non-ortho nitro benzene ring substituents is 1. The monoisotopic (exact) mass is 519 g/mol. The number of hydrogen-bond acceptors (Lipinski definition) is 7. The van der Waals surface area contributed by atoms with Crippen LogP contribution in [0.1, 0.15) is 28.4 Å². The number of carbonyl (C=O) groups excluding carboxylic acids is 1. The van der Waals surface area contributed by atoms with Crippen molar-refractivity contribution in [3.63, 3.8) is 0 Å². The van der Waals surface area contributed by atoms with Crippen molar-refractivity contribution in [2.45, 2.75) is 20.0 Å². The standard InChI is InChI=1S/C24H23F2N3O6S/c1-4-35-24(32)28(12-15-5-8-16(25)11-19(15)26)22-20(23(30)31)18(13-27(2)3)21(36-22)14-6-9-17(10-7-14)29(33)34/h5-11H,4,12-13H2,1-3H3,(H,30,31). The number of nitro benzene ring substituents is 1. The Balaban J connectivity index is 2.23. The molecule has 1 heterocycles. The molecule has 3 aromatic rings. The predicted octanol–water partition coefficient (Wildman–Crippen LogP) is 5.52. The Morgan fingerprint density at radius 3 is 2.31 bits per heavy atom. The van der Waals surface area contributed by atoms with Crippen LogP contribution in [0.15, 0.2) is 42.5 Å². The molecule has 3 rings (SSSR count). The molecule has 9 nitrogen and oxygen atoms in total. The van der Waals surface area contributed by atoms with Gasteiger partial charge < -0.3 is 14.7 Å². The first kappa shape index (κ1) is 26.7. The van der Waals surface area contributed by atoms with Crippen molar-refractivity contribution in [3.05, 3.63) is 80.9 Å². The van der Waals surface area contributed by atoms with Gasteiger partial charge in [0.25, 0.3) is 5.69 Å². The third-order valence-corrected chi connectivity index (χ3v) is 6.40. The number of benzene rings is 2. The highest BCUT2D eigenvalue weighted by atomic mass is 32.1. The number of rotatable bonds is 9. The van der Waals surface area contributed by atoms with Crippen LogP contribution in [-0.2, 0) is 17.8 Å². The summed E-state index contributed by atoms with van der Waals surface area (Å²) in [5, 5.41) is 21.2. The molecule has 0 radical (unpaired) electrons. The van der Waals surface area contributed by atoms with E-state index >= 15 is 0 Å². The maximum atomic E-state index is 14.5. The van der Waals surface area contributed by atoms with E-state index in [4.69, 9.17) is 4.74 Å². The van der Waals surface area contributed by atoms with E-state index < -0.39 is 35.2 Å². The number of anilines is 1. The molecule has 0 aliphatic rings. The lowest BCUT2D eigenvalue weighted by molar-refractivity contribution is -0.384. The summed E-state index contributed by atoms with van der Waals surface area (Å²) < 4.78 is 33.0. The van der Waals surface area contributed by atoms with Crippen LogP contribution in [0.5, 0.6) is 0 Å². The van der Waals surface area contributed by atoms with Crippen molar-refractivity contribution in [2.75, 3.05) is 25.6 Å². The maximum absolute atomic E-state index is 14.5. The van der Waals surface area contributed by atoms with Crippen molar-refractivity contribution in [1.29, 1.82) is 0 Å². The van der Waals surface area contributed by atoms with Gasteiger partial charge in [-0.05, 0) is 44.8 Å². The van der Waals surface area contributed by atoms with Gasteiger partial charge >= 0.3 is 12.1 Å². The Kier molecular flexibility index (Phi) is 8.33. The summed E-state index contributed by atoms with van der Waals surface area (Å²) in [6, 6.07) is 8.46. The molecule has 0 saturated heterocycles. The highest BCUT2D eigenvalue weighted by molar-refractivity contribution is 7.20. The maximum Gasteiger partial charge on any atom is 0.415 e. The van der Waals surface area contributed by atoms with Crippen molar-refractivity contribution < 1.29 is 33.1 Å². The number of carboxylic acids is 1. The summed E-state index contributed by atoms with van der Waals surface area (Å²) in [5.41, 5.74) is 0.518. The summed E-state index contributed by atoms with van der Waals surface area (Å²) >= 11 is 0.966. The van der Waals surface area contributed by atoms with Gasteiger partial charge in [-0.2, -0.15) is 0 Å². The van der Waals surface area contributed by atoms with Crippen molar-refractivity contribution in [2.24, 2.45) is 0 Å². The minimum atomic E-state index is -1.32. The number of amides is 1. The molecule has 1 amide bonds. The lowest BCUT2D eigenvalue weighted by Crippen LogP contribution is -2.32. The molecule has 1 N–H and O–H groups in total. The second-order valence-corrected chi connectivity index (χ2v) is 8.96. The third kappa shape index (κ3) is 5.83. The van der Waals surface area contributed by atoms with E-state index in [-0.39, 0.29) is 35.0 Å². The highest BCUT2D eigenvalue weighted by Crippen LogP contribution is 2.44. The molecular weight excluding hydrogens is 496 g/mol. The van der Waals surface area contributed by atoms with Gasteiger partial charge in [0.15, 0.2) is 0 Å². The lowest BCUT2D eigenvalue weighted by atomic mass is 10.0. The van der Waals surface area contributed by atoms with E-state index in [0.717, 1.165) is 22.3 Å². The molecular formula is C24H23F2N3O6S. The van der Waals surface area contributed by atoms with Crippen LogP contribution < -0.4 is 4.90 Å². The lowest BCUT2D eigenvalue weighted by Gasteiger charge is -2.22. The molecule has 12 heteroatoms. The molecule has 0 bridgehead atoms. The smallest absolute Gasteiger partial charge is 0.415 e. The zero-order chi connectivity index (χ0) is 26.6. The van der Waals surface area contributed by atoms with Crippen LogP contribution in [0.4, 0.5) is 24.3 Å². The van der Waals surface area contributed by atoms with E-state index in [1.807, 2.05) is 0 Å². The Bertz CT molecular complexity index is 1290. The molecule has 0 atom stereocenters. The summed E-state index contributed by atoms with van der Waals surface area (Å²) in [5.74, 6) is -3.02. The second-order valence-electron chi connectivity index (χ2n) is 7.96. The highest BCUT2D eigenvalue weighted by Gasteiger charge is 2.32. The fourth-order valence-electron chi connectivity index (χ4n) is 3.54. The minimum Gasteiger partial charge on any atom is -0.478 e. The number of carboxylic acid groups (broad SMARTS) is 1. The van der Waals surface area contributed by atoms with E-state index in [0.29, 0.717) is 22.1 Å². The van der Waals surface area contributed by atoms with Crippen molar-refractivity contribution in [3.8, 4) is 10.4 Å². The Morgan fingerprint density at radius 2 is 1.78 bits per heavy atom. The Labute approximate surface area is 209 Å². The number of halogens is 2. The van der Waals surface area contributed by atoms with Crippen molar-refractivity contribution in [1.82, 2.24) is 4.90 Å². The zero-order valence-electron chi connectivity index (χ0n) is 19.7. The van der Waals surface area contributed by atoms with Gasteiger partial charge in [-0.1, -0.05) is 6.07 Å². The van der Waals surface area contributed by atoms with Gasteiger partial charge in [-0.15, -0.1) is 11.3 Å². The van der Waals surface area contributed by atoms with Crippen LogP contribution >= 0.6 is 11.3 Å². The number of carbonyl (C=O) groups is 2. The quantitative estimate of drug-likeness (QED) is 0.292. The van der Waals surface area contributed by atoms with Crippen molar-refractivity contribution >= 4 is 34.1 Å². The molecule has 0 unspecified atom stereocenters. The normalized spacial score (nSPS) is 10.9. The molecule has 0 spiro atoms. The van der Waals surface area contributed by atoms with Gasteiger partial charge in [0.1, 0.15) is 16.6 Å². The van der Waals surface area contributed by atoms with Crippen LogP contribution in [0.2, 0.25) is 0 Å². The van der Waals surface area contributed by atoms with Crippen LogP contribution in [-0.4, -0.2) is 47.7 Å². The van der Waals surface area contributed by atoms with Gasteiger partial charge in [-0.3, -0.25) is 15.0 Å². The van der Waals surface area contributed by atoms with E-state index in [2.05, 4.69) is 0 Å². The Morgan fingerprint density at radius 1 is 1.11 bits per heavy atom. The van der Waals surface area contributed by atoms with Crippen LogP contribution in [0.3, 0.4) is 0 Å². The van der Waals surface area contributed by atoms with E-state index in [1.54, 1.807) is 25.9 Å². The van der Waals surface area contributed by atoms with Gasteiger partial charge in [0.05, 0.1) is 23.6 Å². The first-order chi connectivity index (χ1) is 17.0. The topological polar surface area (TPSA) is 113 Å². The summed E-state index contributed by atoms with van der Waals surface area (Å²) in [6.07, 6.45) is -0.906. The average Bonchev–Trinajstić information content (AvgIpc) is 3.17. The van der Waals surface area contributed by atoms with Gasteiger partial charge in [0.2, 0.25) is 0 Å². The molecule has 36 heavy (non-hydrogen) atoms. The average molecular weight is 520 g/mol. The number of thiophene rings is 1. The zero-order valence-corrected chi connectivity index (χ0v) is 20.5. The molecule has 2 aromatic carbocycles. The number of nitrogens with zero attached hydrogens (tertiary/aromatic N) is 3. The predicted molar refractivity (Wildman–Crippen MR) is 130 cm³/mol. The molecule has 0 aliphatic heterocycles. The van der Waals surface area contributed by atoms with Gasteiger partial charge in [-0.25, -0.2) is 18.4 Å². The molecule has 1 aromatic heterocycles. The number of ether oxygens (including phenoxy) is 1. The minimum absolute atomic E-state index is 0.00474. The summed E-state index contributed by atoms with van der Waals surface area (Å²) in [7, 11) is 3.47. The SMILES string of the molecule is CCOC(=O)N(Cc1ccc(F)cc1F)c1sc(-c2ccc([N+](=O)[O-])cc2)c(CN(C)C)c1C(=O)O. The van der Waals surface area contributed by atoms with Crippen LogP contribution in [0, 0.1) is 21.7 Å².